The number of carbonyl (C=O) groups excluding carboxylic acids is 3. The zero-order valence-electron chi connectivity index (χ0n) is 50.5. The Labute approximate surface area is 472 Å². The summed E-state index contributed by atoms with van der Waals surface area (Å²) < 4.78 is 16.9. The van der Waals surface area contributed by atoms with E-state index in [-0.39, 0.29) is 31.1 Å². The third-order valence-corrected chi connectivity index (χ3v) is 14.4. The summed E-state index contributed by atoms with van der Waals surface area (Å²) in [5, 5.41) is 0. The second kappa shape index (κ2) is 64.4. The van der Waals surface area contributed by atoms with Gasteiger partial charge in [0.15, 0.2) is 6.10 Å². The summed E-state index contributed by atoms with van der Waals surface area (Å²) >= 11 is 0. The highest BCUT2D eigenvalue weighted by Crippen LogP contribution is 2.17. The van der Waals surface area contributed by atoms with E-state index >= 15 is 0 Å². The van der Waals surface area contributed by atoms with E-state index in [1.807, 2.05) is 0 Å². The van der Waals surface area contributed by atoms with Gasteiger partial charge >= 0.3 is 17.9 Å². The Balaban J connectivity index is 4.09. The summed E-state index contributed by atoms with van der Waals surface area (Å²) in [6.45, 7) is 6.53. The minimum atomic E-state index is -0.774. The lowest BCUT2D eigenvalue weighted by molar-refractivity contribution is -0.167. The minimum Gasteiger partial charge on any atom is -0.462 e. The van der Waals surface area contributed by atoms with Crippen molar-refractivity contribution in [3.63, 3.8) is 0 Å². The predicted octanol–water partition coefficient (Wildman–Crippen LogP) is 22.5. The van der Waals surface area contributed by atoms with Crippen molar-refractivity contribution in [2.75, 3.05) is 13.2 Å². The van der Waals surface area contributed by atoms with Gasteiger partial charge in [0.25, 0.3) is 0 Å². The van der Waals surface area contributed by atoms with E-state index in [4.69, 9.17) is 14.2 Å². The van der Waals surface area contributed by atoms with Crippen LogP contribution in [-0.2, 0) is 28.6 Å². The average Bonchev–Trinajstić information content (AvgIpc) is 3.42. The topological polar surface area (TPSA) is 78.9 Å². The Morgan fingerprint density at radius 3 is 0.842 bits per heavy atom. The Bertz CT molecular complexity index is 1400. The third kappa shape index (κ3) is 61.7. The molecule has 1 atom stereocenters. The first-order valence-electron chi connectivity index (χ1n) is 32.9. The molecule has 6 nitrogen and oxygen atoms in total. The van der Waals surface area contributed by atoms with Crippen molar-refractivity contribution in [2.24, 2.45) is 0 Å². The maximum atomic E-state index is 12.9. The predicted molar refractivity (Wildman–Crippen MR) is 330 cm³/mol. The van der Waals surface area contributed by atoms with E-state index in [9.17, 15) is 14.4 Å². The number of unbranched alkanes of at least 4 members (excludes halogenated alkanes) is 37. The molecular formula is C70H124O6. The fraction of sp³-hybridized carbons (Fsp3) is 0.786. The number of hydrogen-bond donors (Lipinski definition) is 0. The van der Waals surface area contributed by atoms with Crippen LogP contribution < -0.4 is 0 Å². The molecule has 0 radical (unpaired) electrons. The molecule has 76 heavy (non-hydrogen) atoms. The van der Waals surface area contributed by atoms with Crippen LogP contribution >= 0.6 is 0 Å². The molecule has 0 saturated carbocycles. The maximum absolute atomic E-state index is 12.9. The molecule has 0 spiro atoms. The number of carbonyl (C=O) groups is 3. The van der Waals surface area contributed by atoms with Gasteiger partial charge in [-0.2, -0.15) is 0 Å². The molecular weight excluding hydrogens is 937 g/mol. The highest BCUT2D eigenvalue weighted by atomic mass is 16.6. The van der Waals surface area contributed by atoms with Gasteiger partial charge in [-0.25, -0.2) is 0 Å². The summed E-state index contributed by atoms with van der Waals surface area (Å²) in [5.74, 6) is -0.865. The number of hydrogen-bond acceptors (Lipinski definition) is 6. The van der Waals surface area contributed by atoms with E-state index in [1.54, 1.807) is 0 Å². The van der Waals surface area contributed by atoms with Crippen molar-refractivity contribution >= 4 is 17.9 Å². The number of ether oxygens (including phenoxy) is 3. The van der Waals surface area contributed by atoms with Crippen LogP contribution in [0, 0.1) is 0 Å². The van der Waals surface area contributed by atoms with Crippen molar-refractivity contribution in [3.05, 3.63) is 72.9 Å². The Morgan fingerprint density at radius 2 is 0.513 bits per heavy atom. The van der Waals surface area contributed by atoms with E-state index in [1.165, 1.54) is 199 Å². The Hall–Kier alpha value is -3.15. The monoisotopic (exact) mass is 1060 g/mol. The maximum Gasteiger partial charge on any atom is 0.306 e. The Morgan fingerprint density at radius 1 is 0.276 bits per heavy atom. The van der Waals surface area contributed by atoms with Crippen LogP contribution in [0.15, 0.2) is 72.9 Å². The van der Waals surface area contributed by atoms with E-state index < -0.39 is 6.10 Å². The molecule has 0 aromatic heterocycles. The fourth-order valence-corrected chi connectivity index (χ4v) is 9.53. The summed E-state index contributed by atoms with van der Waals surface area (Å²) in [4.78, 5) is 38.2. The lowest BCUT2D eigenvalue weighted by Crippen LogP contribution is -2.30. The molecule has 0 fully saturated rings. The van der Waals surface area contributed by atoms with E-state index in [0.29, 0.717) is 19.3 Å². The molecule has 0 aromatic carbocycles. The number of esters is 3. The number of allylic oxidation sites excluding steroid dienone is 12. The van der Waals surface area contributed by atoms with Gasteiger partial charge in [0.05, 0.1) is 0 Å². The first-order valence-corrected chi connectivity index (χ1v) is 32.9. The van der Waals surface area contributed by atoms with Crippen molar-refractivity contribution < 1.29 is 28.6 Å². The molecule has 0 heterocycles. The lowest BCUT2D eigenvalue weighted by atomic mass is 10.0. The van der Waals surface area contributed by atoms with Gasteiger partial charge in [0.1, 0.15) is 13.2 Å². The molecule has 0 bridgehead atoms. The second-order valence-electron chi connectivity index (χ2n) is 22.0. The molecule has 440 valence electrons. The molecule has 0 N–H and O–H groups in total. The quantitative estimate of drug-likeness (QED) is 0.0261. The first kappa shape index (κ1) is 72.8. The summed E-state index contributed by atoms with van der Waals surface area (Å²) in [5.41, 5.74) is 0. The normalized spacial score (nSPS) is 12.5. The molecule has 0 amide bonds. The summed E-state index contributed by atoms with van der Waals surface area (Å²) in [6, 6.07) is 0. The SMILES string of the molecule is CC/C=C\C/C=C\C/C=C\C/C=C\C/C=C\CCCCCCCCCCCCCCCCCCCC(=O)OCC(COC(=O)CCCCCCC/C=C\CCCCC)OC(=O)CCCCCCCCCCCCCCC. The zero-order chi connectivity index (χ0) is 55.0. The van der Waals surface area contributed by atoms with Gasteiger partial charge in [0.2, 0.25) is 0 Å². The van der Waals surface area contributed by atoms with Crippen molar-refractivity contribution in [1.29, 1.82) is 0 Å². The highest BCUT2D eigenvalue weighted by Gasteiger charge is 2.19. The standard InChI is InChI=1S/C70H124O6/c1-4-7-10-13-16-19-22-25-26-27-28-29-30-31-32-33-34-35-36-37-38-39-40-41-42-43-44-46-48-51-54-57-60-63-69(72)75-66-67(65-74-68(71)62-59-56-53-50-47-24-21-18-15-12-9-6-3)76-70(73)64-61-58-55-52-49-45-23-20-17-14-11-8-5-2/h7,10,16,18-19,21,25-26,28-29,31-32,67H,4-6,8-9,11-15,17,20,22-24,27,30,33-66H2,1-3H3/b10-7-,19-16-,21-18-,26-25-,29-28-,32-31-. The summed E-state index contributed by atoms with van der Waals surface area (Å²) in [6.07, 6.45) is 83.6. The van der Waals surface area contributed by atoms with Crippen LogP contribution in [0.2, 0.25) is 0 Å². The van der Waals surface area contributed by atoms with Crippen molar-refractivity contribution in [1.82, 2.24) is 0 Å². The molecule has 0 aliphatic carbocycles. The molecule has 0 saturated heterocycles. The number of rotatable bonds is 60. The summed E-state index contributed by atoms with van der Waals surface area (Å²) in [7, 11) is 0. The molecule has 6 heteroatoms. The van der Waals surface area contributed by atoms with Crippen molar-refractivity contribution in [2.45, 2.75) is 341 Å². The lowest BCUT2D eigenvalue weighted by Gasteiger charge is -2.18. The second-order valence-corrected chi connectivity index (χ2v) is 22.0. The van der Waals surface area contributed by atoms with E-state index in [0.717, 1.165) is 96.3 Å². The van der Waals surface area contributed by atoms with Crippen LogP contribution in [0.4, 0.5) is 0 Å². The first-order chi connectivity index (χ1) is 37.5. The van der Waals surface area contributed by atoms with Gasteiger partial charge in [-0.15, -0.1) is 0 Å². The molecule has 1 unspecified atom stereocenters. The van der Waals surface area contributed by atoms with Crippen LogP contribution in [0.1, 0.15) is 335 Å². The molecule has 0 aliphatic rings. The average molecular weight is 1060 g/mol. The minimum absolute atomic E-state index is 0.0724. The van der Waals surface area contributed by atoms with Gasteiger partial charge in [-0.3, -0.25) is 14.4 Å². The van der Waals surface area contributed by atoms with E-state index in [2.05, 4.69) is 93.7 Å². The van der Waals surface area contributed by atoms with Crippen LogP contribution in [-0.4, -0.2) is 37.2 Å². The molecule has 0 rings (SSSR count). The fourth-order valence-electron chi connectivity index (χ4n) is 9.53. The smallest absolute Gasteiger partial charge is 0.306 e. The van der Waals surface area contributed by atoms with Crippen LogP contribution in [0.3, 0.4) is 0 Å². The zero-order valence-corrected chi connectivity index (χ0v) is 50.5. The largest absolute Gasteiger partial charge is 0.462 e. The van der Waals surface area contributed by atoms with Gasteiger partial charge in [-0.05, 0) is 89.9 Å². The van der Waals surface area contributed by atoms with Crippen molar-refractivity contribution in [3.8, 4) is 0 Å². The molecule has 0 aliphatic heterocycles. The molecule has 0 aromatic rings. The van der Waals surface area contributed by atoms with Crippen LogP contribution in [0.25, 0.3) is 0 Å². The highest BCUT2D eigenvalue weighted by molar-refractivity contribution is 5.71. The van der Waals surface area contributed by atoms with Gasteiger partial charge in [-0.1, -0.05) is 299 Å². The Kier molecular flexibility index (Phi) is 61.7. The third-order valence-electron chi connectivity index (χ3n) is 14.4. The van der Waals surface area contributed by atoms with Gasteiger partial charge < -0.3 is 14.2 Å². The van der Waals surface area contributed by atoms with Gasteiger partial charge in [0, 0.05) is 19.3 Å². The van der Waals surface area contributed by atoms with Crippen LogP contribution in [0.5, 0.6) is 0 Å².